The second-order valence-electron chi connectivity index (χ2n) is 9.30. The number of fused-ring (bicyclic) bond motifs is 1. The van der Waals surface area contributed by atoms with Gasteiger partial charge in [0.2, 0.25) is 5.95 Å². The summed E-state index contributed by atoms with van der Waals surface area (Å²) >= 11 is 6.01. The lowest BCUT2D eigenvalue weighted by Gasteiger charge is -2.36. The third-order valence-electron chi connectivity index (χ3n) is 6.99. The molecule has 1 aliphatic rings. The molecule has 4 aromatic rings. The summed E-state index contributed by atoms with van der Waals surface area (Å²) in [5, 5.41) is 3.79. The van der Waals surface area contributed by atoms with Gasteiger partial charge in [-0.25, -0.2) is 14.4 Å². The van der Waals surface area contributed by atoms with Crippen LogP contribution in [-0.4, -0.2) is 58.2 Å². The molecule has 10 heteroatoms. The number of nitrogens with zero attached hydrogens (tertiary/aromatic N) is 6. The van der Waals surface area contributed by atoms with Gasteiger partial charge in [0.1, 0.15) is 28.9 Å². The first-order valence-electron chi connectivity index (χ1n) is 12.6. The number of likely N-dealkylation sites (N-methyl/N-ethyl adjacent to an activating group) is 1. The summed E-state index contributed by atoms with van der Waals surface area (Å²) in [6, 6.07) is 12.5. The fourth-order valence-electron chi connectivity index (χ4n) is 4.81. The van der Waals surface area contributed by atoms with E-state index in [1.165, 1.54) is 12.1 Å². The van der Waals surface area contributed by atoms with E-state index in [1.54, 1.807) is 24.2 Å². The van der Waals surface area contributed by atoms with Crippen molar-refractivity contribution in [1.29, 1.82) is 0 Å². The fourth-order valence-corrected chi connectivity index (χ4v) is 4.96. The molecule has 1 aliphatic heterocycles. The summed E-state index contributed by atoms with van der Waals surface area (Å²) in [5.41, 5.74) is 4.70. The van der Waals surface area contributed by atoms with Crippen LogP contribution in [-0.2, 0) is 6.54 Å². The molecule has 0 saturated carbocycles. The van der Waals surface area contributed by atoms with E-state index >= 15 is 0 Å². The van der Waals surface area contributed by atoms with Gasteiger partial charge >= 0.3 is 0 Å². The molecular weight excluding hydrogens is 505 g/mol. The Morgan fingerprint density at radius 1 is 1.16 bits per heavy atom. The molecule has 0 saturated heterocycles. The van der Waals surface area contributed by atoms with E-state index in [2.05, 4.69) is 33.9 Å². The zero-order valence-electron chi connectivity index (χ0n) is 21.9. The van der Waals surface area contributed by atoms with Gasteiger partial charge in [0.15, 0.2) is 0 Å². The Morgan fingerprint density at radius 3 is 2.61 bits per heavy atom. The molecule has 2 aromatic heterocycles. The zero-order valence-corrected chi connectivity index (χ0v) is 22.7. The van der Waals surface area contributed by atoms with Gasteiger partial charge in [-0.15, -0.1) is 0 Å². The van der Waals surface area contributed by atoms with Crippen LogP contribution in [0.1, 0.15) is 36.6 Å². The topological polar surface area (TPSA) is 71.3 Å². The van der Waals surface area contributed by atoms with E-state index in [0.29, 0.717) is 16.9 Å². The smallest absolute Gasteiger partial charge is 0.229 e. The molecule has 1 atom stereocenters. The number of imidazole rings is 1. The molecule has 0 spiro atoms. The van der Waals surface area contributed by atoms with E-state index in [1.807, 2.05) is 37.4 Å². The molecule has 3 heterocycles. The molecule has 5 rings (SSSR count). The largest absolute Gasteiger partial charge is 0.494 e. The number of ether oxygens (including phenoxy) is 1. The number of anilines is 3. The molecule has 198 valence electrons. The highest BCUT2D eigenvalue weighted by Gasteiger charge is 2.31. The quantitative estimate of drug-likeness (QED) is 0.313. The van der Waals surface area contributed by atoms with Crippen LogP contribution in [0.5, 0.6) is 5.75 Å². The van der Waals surface area contributed by atoms with Crippen molar-refractivity contribution in [2.24, 2.45) is 0 Å². The zero-order chi connectivity index (χ0) is 26.8. The SMILES string of the molecule is CCN1Cc2c(nc(Nc3ccc(-n4cnc(Cl)c4)c(OC)c3)nc2N(C)CC)C(c2ccc(F)cc2)C1. The Bertz CT molecular complexity index is 1430. The van der Waals surface area contributed by atoms with E-state index < -0.39 is 0 Å². The van der Waals surface area contributed by atoms with E-state index in [9.17, 15) is 4.39 Å². The molecule has 1 unspecified atom stereocenters. The maximum atomic E-state index is 13.7. The minimum Gasteiger partial charge on any atom is -0.494 e. The monoisotopic (exact) mass is 535 g/mol. The van der Waals surface area contributed by atoms with Crippen molar-refractivity contribution in [3.8, 4) is 11.4 Å². The first kappa shape index (κ1) is 25.9. The molecule has 38 heavy (non-hydrogen) atoms. The van der Waals surface area contributed by atoms with Crippen molar-refractivity contribution in [2.75, 3.05) is 44.0 Å². The van der Waals surface area contributed by atoms with Crippen LogP contribution >= 0.6 is 11.6 Å². The second-order valence-corrected chi connectivity index (χ2v) is 9.68. The van der Waals surface area contributed by atoms with Crippen LogP contribution in [0.2, 0.25) is 5.15 Å². The molecular formula is C28H31ClFN7O. The Labute approximate surface area is 227 Å². The lowest BCUT2D eigenvalue weighted by Crippen LogP contribution is -2.36. The summed E-state index contributed by atoms with van der Waals surface area (Å²) < 4.78 is 21.2. The average molecular weight is 536 g/mol. The highest BCUT2D eigenvalue weighted by Crippen LogP contribution is 2.37. The van der Waals surface area contributed by atoms with Gasteiger partial charge in [0.25, 0.3) is 0 Å². The van der Waals surface area contributed by atoms with Gasteiger partial charge in [-0.3, -0.25) is 4.90 Å². The average Bonchev–Trinajstić information content (AvgIpc) is 3.37. The van der Waals surface area contributed by atoms with Gasteiger partial charge in [-0.2, -0.15) is 4.98 Å². The summed E-state index contributed by atoms with van der Waals surface area (Å²) in [7, 11) is 3.66. The van der Waals surface area contributed by atoms with Gasteiger partial charge in [-0.1, -0.05) is 30.7 Å². The first-order chi connectivity index (χ1) is 18.4. The molecule has 1 N–H and O–H groups in total. The molecule has 2 aromatic carbocycles. The Morgan fingerprint density at radius 2 is 1.95 bits per heavy atom. The van der Waals surface area contributed by atoms with Crippen LogP contribution in [0.3, 0.4) is 0 Å². The molecule has 0 radical (unpaired) electrons. The highest BCUT2D eigenvalue weighted by molar-refractivity contribution is 6.29. The molecule has 8 nitrogen and oxygen atoms in total. The van der Waals surface area contributed by atoms with Crippen molar-refractivity contribution < 1.29 is 9.13 Å². The number of aromatic nitrogens is 4. The van der Waals surface area contributed by atoms with Crippen LogP contribution in [0, 0.1) is 5.82 Å². The maximum absolute atomic E-state index is 13.7. The van der Waals surface area contributed by atoms with Gasteiger partial charge in [0, 0.05) is 56.1 Å². The number of benzene rings is 2. The lowest BCUT2D eigenvalue weighted by atomic mass is 9.88. The third kappa shape index (κ3) is 5.16. The van der Waals surface area contributed by atoms with Crippen LogP contribution in [0.25, 0.3) is 5.69 Å². The number of hydrogen-bond acceptors (Lipinski definition) is 7. The predicted octanol–water partition coefficient (Wildman–Crippen LogP) is 5.63. The summed E-state index contributed by atoms with van der Waals surface area (Å²) in [6.07, 6.45) is 3.36. The van der Waals surface area contributed by atoms with Crippen molar-refractivity contribution in [2.45, 2.75) is 26.3 Å². The standard InChI is InChI=1S/C28H31ClFN7O/c1-5-35(3)27-22-15-36(6-2)14-21(18-7-9-19(30)10-8-18)26(22)33-28(34-27)32-20-11-12-23(24(13-20)38-4)37-16-25(29)31-17-37/h7-13,16-17,21H,5-6,14-15H2,1-4H3,(H,32,33,34). The van der Waals surface area contributed by atoms with Gasteiger partial charge in [0.05, 0.1) is 18.5 Å². The van der Waals surface area contributed by atoms with Crippen molar-refractivity contribution in [3.05, 3.63) is 82.8 Å². The Hall–Kier alpha value is -3.69. The Kier molecular flexibility index (Phi) is 7.49. The van der Waals surface area contributed by atoms with Crippen molar-refractivity contribution in [3.63, 3.8) is 0 Å². The first-order valence-corrected chi connectivity index (χ1v) is 13.0. The van der Waals surface area contributed by atoms with Crippen molar-refractivity contribution >= 4 is 29.1 Å². The van der Waals surface area contributed by atoms with Crippen LogP contribution in [0.4, 0.5) is 21.8 Å². The van der Waals surface area contributed by atoms with Crippen molar-refractivity contribution in [1.82, 2.24) is 24.4 Å². The lowest BCUT2D eigenvalue weighted by molar-refractivity contribution is 0.250. The van der Waals surface area contributed by atoms with Gasteiger partial charge < -0.3 is 19.5 Å². The fraction of sp³-hybridized carbons (Fsp3) is 0.321. The molecule has 0 amide bonds. The van der Waals surface area contributed by atoms with Crippen LogP contribution in [0.15, 0.2) is 55.0 Å². The van der Waals surface area contributed by atoms with Crippen LogP contribution < -0.4 is 15.0 Å². The van der Waals surface area contributed by atoms with E-state index in [4.69, 9.17) is 26.3 Å². The van der Waals surface area contributed by atoms with E-state index in [-0.39, 0.29) is 11.7 Å². The predicted molar refractivity (Wildman–Crippen MR) is 149 cm³/mol. The highest BCUT2D eigenvalue weighted by atomic mass is 35.5. The maximum Gasteiger partial charge on any atom is 0.229 e. The number of rotatable bonds is 8. The number of methoxy groups -OCH3 is 1. The normalized spacial score (nSPS) is 15.3. The number of nitrogens with one attached hydrogen (secondary N) is 1. The van der Waals surface area contributed by atoms with Gasteiger partial charge in [-0.05, 0) is 43.3 Å². The molecule has 0 fully saturated rings. The second kappa shape index (κ2) is 11.0. The summed E-state index contributed by atoms with van der Waals surface area (Å²) in [5.74, 6) is 1.79. The van der Waals surface area contributed by atoms with E-state index in [0.717, 1.165) is 60.2 Å². The summed E-state index contributed by atoms with van der Waals surface area (Å²) in [6.45, 7) is 7.52. The Balaban J connectivity index is 1.56. The summed E-state index contributed by atoms with van der Waals surface area (Å²) in [4.78, 5) is 18.6. The molecule has 0 aliphatic carbocycles. The molecule has 0 bridgehead atoms. The minimum absolute atomic E-state index is 0.00485. The number of halogens is 2. The number of hydrogen-bond donors (Lipinski definition) is 1. The minimum atomic E-state index is -0.246. The third-order valence-corrected chi connectivity index (χ3v) is 7.19.